The largest absolute Gasteiger partial charge is 0.368 e. The lowest BCUT2D eigenvalue weighted by Gasteiger charge is -2.18. The predicted molar refractivity (Wildman–Crippen MR) is 86.3 cm³/mol. The average Bonchev–Trinajstić information content (AvgIpc) is 2.98. The second-order valence-corrected chi connectivity index (χ2v) is 5.30. The first-order chi connectivity index (χ1) is 11.8. The van der Waals surface area contributed by atoms with Crippen LogP contribution in [0.2, 0.25) is 0 Å². The van der Waals surface area contributed by atoms with Crippen molar-refractivity contribution in [1.82, 2.24) is 16.1 Å². The topological polar surface area (TPSA) is 227 Å². The molecule has 25 heavy (non-hydrogen) atoms. The van der Waals surface area contributed by atoms with Crippen molar-refractivity contribution in [3.63, 3.8) is 0 Å². The Morgan fingerprint density at radius 2 is 2.20 bits per heavy atom. The summed E-state index contributed by atoms with van der Waals surface area (Å²) in [5, 5.41) is 18.3. The molecular formula is C11H20N10O4. The number of nitrogens with zero attached hydrogens (tertiary/aromatic N) is 5. The Morgan fingerprint density at radius 1 is 1.48 bits per heavy atom. The number of aliphatic imine (C=N–C) groups is 1. The van der Waals surface area contributed by atoms with Gasteiger partial charge in [0.2, 0.25) is 11.8 Å². The highest BCUT2D eigenvalue weighted by Crippen LogP contribution is 2.11. The molecule has 138 valence electrons. The number of guanidine groups is 1. The lowest BCUT2D eigenvalue weighted by molar-refractivity contribution is -0.525. The maximum Gasteiger partial charge on any atom is 0.251 e. The van der Waals surface area contributed by atoms with Crippen molar-refractivity contribution in [2.24, 2.45) is 21.6 Å². The van der Waals surface area contributed by atoms with Crippen LogP contribution in [0.5, 0.6) is 0 Å². The lowest BCUT2D eigenvalue weighted by atomic mass is 10.1. The number of nitrogens with one attached hydrogen (secondary N) is 3. The van der Waals surface area contributed by atoms with Crippen molar-refractivity contribution in [1.29, 1.82) is 0 Å². The predicted octanol–water partition coefficient (Wildman–Crippen LogP) is -2.13. The molecule has 0 aromatic rings. The molecule has 1 fully saturated rings. The van der Waals surface area contributed by atoms with Crippen molar-refractivity contribution in [3.05, 3.63) is 20.6 Å². The van der Waals surface area contributed by atoms with E-state index in [4.69, 9.17) is 17.0 Å². The van der Waals surface area contributed by atoms with Crippen molar-refractivity contribution >= 4 is 17.8 Å². The number of azide groups is 1. The first kappa shape index (κ1) is 19.9. The monoisotopic (exact) mass is 356 g/mol. The van der Waals surface area contributed by atoms with E-state index in [-0.39, 0.29) is 25.0 Å². The maximum absolute atomic E-state index is 12.1. The summed E-state index contributed by atoms with van der Waals surface area (Å²) in [6, 6.07) is -1.80. The summed E-state index contributed by atoms with van der Waals surface area (Å²) in [7, 11) is 0. The fraction of sp³-hybridized carbons (Fsp3) is 0.727. The van der Waals surface area contributed by atoms with Gasteiger partial charge in [-0.1, -0.05) is 10.5 Å². The van der Waals surface area contributed by atoms with E-state index >= 15 is 0 Å². The molecule has 0 aromatic heterocycles. The van der Waals surface area contributed by atoms with Gasteiger partial charge in [0.05, 0.1) is 12.1 Å². The Balaban J connectivity index is 2.44. The van der Waals surface area contributed by atoms with Gasteiger partial charge in [0.1, 0.15) is 6.04 Å². The first-order valence-corrected chi connectivity index (χ1v) is 7.41. The van der Waals surface area contributed by atoms with Crippen LogP contribution in [-0.4, -0.2) is 54.0 Å². The highest BCUT2D eigenvalue weighted by Gasteiger charge is 2.30. The summed E-state index contributed by atoms with van der Waals surface area (Å²) in [6.07, 6.45) is 0.852. The van der Waals surface area contributed by atoms with Crippen LogP contribution in [0.1, 0.15) is 19.3 Å². The summed E-state index contributed by atoms with van der Waals surface area (Å²) in [5.41, 5.74) is 20.6. The van der Waals surface area contributed by atoms with Gasteiger partial charge in [0.25, 0.3) is 5.96 Å². The molecule has 0 aromatic carbocycles. The van der Waals surface area contributed by atoms with Gasteiger partial charge in [-0.15, -0.1) is 0 Å². The molecule has 2 amide bonds. The van der Waals surface area contributed by atoms with Crippen molar-refractivity contribution in [2.45, 2.75) is 37.4 Å². The number of primary amides is 1. The van der Waals surface area contributed by atoms with E-state index in [1.165, 1.54) is 0 Å². The Kier molecular flexibility index (Phi) is 7.89. The molecule has 14 heteroatoms. The van der Waals surface area contributed by atoms with Gasteiger partial charge in [0.15, 0.2) is 5.03 Å². The number of hydrazine groups is 1. The number of hydrogen-bond donors (Lipinski definition) is 5. The minimum absolute atomic E-state index is 0.118. The van der Waals surface area contributed by atoms with Gasteiger partial charge in [-0.2, -0.15) is 0 Å². The summed E-state index contributed by atoms with van der Waals surface area (Å²) in [5.74, 6) is -1.49. The van der Waals surface area contributed by atoms with E-state index in [9.17, 15) is 19.7 Å². The number of carbonyl (C=O) groups is 2. The number of amides is 2. The van der Waals surface area contributed by atoms with Crippen LogP contribution in [0.25, 0.3) is 10.4 Å². The van der Waals surface area contributed by atoms with Crippen LogP contribution in [0.3, 0.4) is 0 Å². The molecule has 1 heterocycles. The Labute approximate surface area is 142 Å². The van der Waals surface area contributed by atoms with Crippen molar-refractivity contribution in [3.8, 4) is 0 Å². The zero-order valence-corrected chi connectivity index (χ0v) is 13.3. The average molecular weight is 356 g/mol. The standard InChI is InChI=1S/C11H20N10O4/c12-9(22)7(2-1-3-15-11(13)19-21(24)25)17-10(23)8-4-6(5-16-8)18-20-14/h6-8,16H,1-5H2,(H2,12,22)(H,17,23)(H3,13,15,19)/t6?,7-,8+/m0/s1. The van der Waals surface area contributed by atoms with Crippen LogP contribution >= 0.6 is 0 Å². The first-order valence-electron chi connectivity index (χ1n) is 7.41. The third-order valence-corrected chi connectivity index (χ3v) is 3.44. The molecule has 0 radical (unpaired) electrons. The molecule has 14 nitrogen and oxygen atoms in total. The number of carbonyl (C=O) groups excluding carboxylic acids is 2. The molecule has 0 saturated carbocycles. The normalized spacial score (nSPS) is 21.0. The smallest absolute Gasteiger partial charge is 0.251 e. The van der Waals surface area contributed by atoms with E-state index < -0.39 is 28.9 Å². The van der Waals surface area contributed by atoms with Crippen LogP contribution < -0.4 is 27.5 Å². The fourth-order valence-electron chi connectivity index (χ4n) is 2.26. The van der Waals surface area contributed by atoms with Gasteiger partial charge < -0.3 is 22.1 Å². The second-order valence-electron chi connectivity index (χ2n) is 5.30. The fourth-order valence-corrected chi connectivity index (χ4v) is 2.26. The minimum Gasteiger partial charge on any atom is -0.368 e. The molecular weight excluding hydrogens is 336 g/mol. The summed E-state index contributed by atoms with van der Waals surface area (Å²) in [6.45, 7) is 0.494. The molecule has 3 atom stereocenters. The highest BCUT2D eigenvalue weighted by atomic mass is 16.7. The van der Waals surface area contributed by atoms with E-state index in [0.29, 0.717) is 19.4 Å². The third-order valence-electron chi connectivity index (χ3n) is 3.44. The number of nitrogens with two attached hydrogens (primary N) is 2. The lowest BCUT2D eigenvalue weighted by Crippen LogP contribution is -2.50. The van der Waals surface area contributed by atoms with Gasteiger partial charge in [-0.25, -0.2) is 15.1 Å². The van der Waals surface area contributed by atoms with E-state index in [0.717, 1.165) is 0 Å². The van der Waals surface area contributed by atoms with Crippen LogP contribution in [-0.2, 0) is 9.59 Å². The quantitative estimate of drug-likeness (QED) is 0.0450. The molecule has 0 spiro atoms. The van der Waals surface area contributed by atoms with E-state index in [2.05, 4.69) is 25.7 Å². The summed E-state index contributed by atoms with van der Waals surface area (Å²) in [4.78, 5) is 40.1. The van der Waals surface area contributed by atoms with Gasteiger partial charge in [-0.05, 0) is 24.8 Å². The Morgan fingerprint density at radius 3 is 2.80 bits per heavy atom. The van der Waals surface area contributed by atoms with Crippen molar-refractivity contribution in [2.75, 3.05) is 13.1 Å². The van der Waals surface area contributed by atoms with Crippen LogP contribution in [0.4, 0.5) is 0 Å². The number of hydrogen-bond acceptors (Lipinski definition) is 7. The number of nitro groups is 1. The SMILES string of the molecule is [N-]=[N+]=NC1CN[C@@H](C(=O)N[C@@H](CCCN=C(N)N[N+](=O)[O-])C(N)=O)C1. The molecule has 1 rings (SSSR count). The number of rotatable bonds is 9. The summed E-state index contributed by atoms with van der Waals surface area (Å²) >= 11 is 0. The molecule has 7 N–H and O–H groups in total. The Bertz CT molecular complexity index is 587. The molecule has 1 unspecified atom stereocenters. The molecule has 1 saturated heterocycles. The van der Waals surface area contributed by atoms with E-state index in [1.54, 1.807) is 5.43 Å². The highest BCUT2D eigenvalue weighted by molar-refractivity contribution is 5.89. The third kappa shape index (κ3) is 7.32. The van der Waals surface area contributed by atoms with Gasteiger partial charge >= 0.3 is 0 Å². The van der Waals surface area contributed by atoms with Crippen LogP contribution in [0, 0.1) is 10.1 Å². The zero-order valence-electron chi connectivity index (χ0n) is 13.3. The molecule has 1 aliphatic heterocycles. The van der Waals surface area contributed by atoms with Crippen molar-refractivity contribution < 1.29 is 14.6 Å². The minimum atomic E-state index is -0.910. The van der Waals surface area contributed by atoms with Gasteiger partial charge in [-0.3, -0.25) is 9.59 Å². The maximum atomic E-state index is 12.1. The van der Waals surface area contributed by atoms with Gasteiger partial charge in [0, 0.05) is 18.0 Å². The van der Waals surface area contributed by atoms with E-state index in [1.807, 2.05) is 0 Å². The Hall–Kier alpha value is -3.12. The summed E-state index contributed by atoms with van der Waals surface area (Å²) < 4.78 is 0. The van der Waals surface area contributed by atoms with Crippen LogP contribution in [0.15, 0.2) is 10.1 Å². The molecule has 0 bridgehead atoms. The molecule has 1 aliphatic rings. The second kappa shape index (κ2) is 9.89. The zero-order chi connectivity index (χ0) is 18.8. The molecule has 0 aliphatic carbocycles.